The lowest BCUT2D eigenvalue weighted by Gasteiger charge is -2.16. The van der Waals surface area contributed by atoms with Crippen LogP contribution in [0.25, 0.3) is 0 Å². The van der Waals surface area contributed by atoms with Gasteiger partial charge in [0, 0.05) is 25.0 Å². The van der Waals surface area contributed by atoms with Crippen molar-refractivity contribution in [2.24, 2.45) is 0 Å². The molecule has 1 fully saturated rings. The van der Waals surface area contributed by atoms with Gasteiger partial charge in [-0.2, -0.15) is 18.2 Å². The smallest absolute Gasteiger partial charge is 0.341 e. The maximum absolute atomic E-state index is 12.9. The minimum atomic E-state index is -4.50. The molecule has 2 aromatic rings. The molecule has 1 saturated heterocycles. The maximum Gasteiger partial charge on any atom is 0.417 e. The first-order valence-electron chi connectivity index (χ1n) is 7.15. The van der Waals surface area contributed by atoms with Gasteiger partial charge in [-0.3, -0.25) is 0 Å². The molecule has 0 bridgehead atoms. The lowest BCUT2D eigenvalue weighted by atomic mass is 10.2. The SMILES string of the molecule is FC(F)(F)c1cc(Nc2ccnc(N3CCCC3)n2)ccc1Cl. The van der Waals surface area contributed by atoms with Crippen LogP contribution in [-0.2, 0) is 6.18 Å². The average Bonchev–Trinajstić information content (AvgIpc) is 3.03. The van der Waals surface area contributed by atoms with Gasteiger partial charge in [-0.1, -0.05) is 11.6 Å². The molecule has 4 nitrogen and oxygen atoms in total. The molecule has 1 N–H and O–H groups in total. The van der Waals surface area contributed by atoms with Crippen LogP contribution >= 0.6 is 11.6 Å². The molecule has 0 spiro atoms. The van der Waals surface area contributed by atoms with Crippen molar-refractivity contribution in [3.05, 3.63) is 41.0 Å². The van der Waals surface area contributed by atoms with E-state index in [1.807, 2.05) is 4.90 Å². The Bertz CT molecular complexity index is 699. The molecule has 3 rings (SSSR count). The van der Waals surface area contributed by atoms with E-state index in [0.717, 1.165) is 32.0 Å². The van der Waals surface area contributed by atoms with E-state index in [4.69, 9.17) is 11.6 Å². The zero-order valence-electron chi connectivity index (χ0n) is 12.1. The number of hydrogen-bond donors (Lipinski definition) is 1. The molecule has 0 amide bonds. The summed E-state index contributed by atoms with van der Waals surface area (Å²) in [4.78, 5) is 10.6. The van der Waals surface area contributed by atoms with E-state index in [2.05, 4.69) is 15.3 Å². The van der Waals surface area contributed by atoms with E-state index in [-0.39, 0.29) is 10.7 Å². The van der Waals surface area contributed by atoms with Gasteiger partial charge in [0.2, 0.25) is 5.95 Å². The topological polar surface area (TPSA) is 41.1 Å². The Morgan fingerprint density at radius 1 is 1.13 bits per heavy atom. The molecule has 1 aromatic carbocycles. The van der Waals surface area contributed by atoms with Crippen molar-refractivity contribution >= 4 is 29.1 Å². The Hall–Kier alpha value is -2.02. The minimum absolute atomic E-state index is 0.271. The Morgan fingerprint density at radius 2 is 1.87 bits per heavy atom. The Balaban J connectivity index is 1.83. The fourth-order valence-electron chi connectivity index (χ4n) is 2.46. The van der Waals surface area contributed by atoms with Gasteiger partial charge in [0.25, 0.3) is 0 Å². The summed E-state index contributed by atoms with van der Waals surface area (Å²) in [6.45, 7) is 1.78. The molecule has 0 aliphatic carbocycles. The molecule has 122 valence electrons. The summed E-state index contributed by atoms with van der Waals surface area (Å²) in [5.41, 5.74) is -0.606. The highest BCUT2D eigenvalue weighted by molar-refractivity contribution is 6.31. The highest BCUT2D eigenvalue weighted by atomic mass is 35.5. The fourth-order valence-corrected chi connectivity index (χ4v) is 2.68. The molecule has 1 aliphatic heterocycles. The Labute approximate surface area is 136 Å². The fraction of sp³-hybridized carbons (Fsp3) is 0.333. The number of benzene rings is 1. The van der Waals surface area contributed by atoms with Crippen molar-refractivity contribution in [1.29, 1.82) is 0 Å². The van der Waals surface area contributed by atoms with Crippen molar-refractivity contribution < 1.29 is 13.2 Å². The van der Waals surface area contributed by atoms with E-state index in [0.29, 0.717) is 11.8 Å². The first-order chi connectivity index (χ1) is 10.9. The molecule has 8 heteroatoms. The maximum atomic E-state index is 12.9. The molecule has 0 atom stereocenters. The predicted molar refractivity (Wildman–Crippen MR) is 83.2 cm³/mol. The largest absolute Gasteiger partial charge is 0.417 e. The third-order valence-electron chi connectivity index (χ3n) is 3.58. The van der Waals surface area contributed by atoms with Gasteiger partial charge in [0.15, 0.2) is 0 Å². The normalized spacial score (nSPS) is 15.0. The third kappa shape index (κ3) is 3.67. The Morgan fingerprint density at radius 3 is 2.57 bits per heavy atom. The number of anilines is 3. The van der Waals surface area contributed by atoms with Gasteiger partial charge in [-0.15, -0.1) is 0 Å². The van der Waals surface area contributed by atoms with Gasteiger partial charge >= 0.3 is 6.18 Å². The van der Waals surface area contributed by atoms with Gasteiger partial charge in [-0.25, -0.2) is 4.98 Å². The van der Waals surface area contributed by atoms with Crippen LogP contribution in [0.5, 0.6) is 0 Å². The monoisotopic (exact) mass is 342 g/mol. The summed E-state index contributed by atoms with van der Waals surface area (Å²) in [5, 5.41) is 2.54. The van der Waals surface area contributed by atoms with Gasteiger partial charge < -0.3 is 10.2 Å². The van der Waals surface area contributed by atoms with Crippen LogP contribution in [0, 0.1) is 0 Å². The summed E-state index contributed by atoms with van der Waals surface area (Å²) in [6.07, 6.45) is -0.731. The second-order valence-electron chi connectivity index (χ2n) is 5.25. The zero-order chi connectivity index (χ0) is 16.4. The quantitative estimate of drug-likeness (QED) is 0.892. The Kier molecular flexibility index (Phi) is 4.30. The lowest BCUT2D eigenvalue weighted by molar-refractivity contribution is -0.137. The van der Waals surface area contributed by atoms with Crippen LogP contribution in [0.1, 0.15) is 18.4 Å². The highest BCUT2D eigenvalue weighted by Crippen LogP contribution is 2.36. The van der Waals surface area contributed by atoms with E-state index < -0.39 is 11.7 Å². The number of nitrogens with one attached hydrogen (secondary N) is 1. The molecular weight excluding hydrogens is 329 g/mol. The minimum Gasteiger partial charge on any atom is -0.341 e. The van der Waals surface area contributed by atoms with Crippen molar-refractivity contribution in [2.75, 3.05) is 23.3 Å². The molecule has 0 radical (unpaired) electrons. The first kappa shape index (κ1) is 15.9. The molecule has 1 aliphatic rings. The molecule has 1 aromatic heterocycles. The van der Waals surface area contributed by atoms with Gasteiger partial charge in [-0.05, 0) is 37.1 Å². The summed E-state index contributed by atoms with van der Waals surface area (Å²) in [6, 6.07) is 5.28. The van der Waals surface area contributed by atoms with E-state index in [1.54, 1.807) is 12.3 Å². The van der Waals surface area contributed by atoms with Crippen LogP contribution < -0.4 is 10.2 Å². The van der Waals surface area contributed by atoms with Crippen LogP contribution in [0.2, 0.25) is 5.02 Å². The summed E-state index contributed by atoms with van der Waals surface area (Å²) in [5.74, 6) is 1.02. The molecule has 0 unspecified atom stereocenters. The van der Waals surface area contributed by atoms with Gasteiger partial charge in [0.1, 0.15) is 5.82 Å². The van der Waals surface area contributed by atoms with Crippen LogP contribution in [-0.4, -0.2) is 23.1 Å². The molecule has 2 heterocycles. The zero-order valence-corrected chi connectivity index (χ0v) is 12.8. The third-order valence-corrected chi connectivity index (χ3v) is 3.91. The number of aromatic nitrogens is 2. The summed E-state index contributed by atoms with van der Waals surface area (Å²) in [7, 11) is 0. The van der Waals surface area contributed by atoms with E-state index in [1.165, 1.54) is 12.1 Å². The summed E-state index contributed by atoms with van der Waals surface area (Å²) < 4.78 is 38.7. The molecule has 23 heavy (non-hydrogen) atoms. The van der Waals surface area contributed by atoms with Crippen molar-refractivity contribution in [1.82, 2.24) is 9.97 Å². The second kappa shape index (κ2) is 6.23. The van der Waals surface area contributed by atoms with Crippen molar-refractivity contribution in [3.63, 3.8) is 0 Å². The number of alkyl halides is 3. The lowest BCUT2D eigenvalue weighted by Crippen LogP contribution is -2.20. The molecule has 0 saturated carbocycles. The van der Waals surface area contributed by atoms with E-state index in [9.17, 15) is 13.2 Å². The predicted octanol–water partition coefficient (Wildman–Crippen LogP) is 4.49. The van der Waals surface area contributed by atoms with Gasteiger partial charge in [0.05, 0.1) is 10.6 Å². The first-order valence-corrected chi connectivity index (χ1v) is 7.53. The van der Waals surface area contributed by atoms with Crippen molar-refractivity contribution in [2.45, 2.75) is 19.0 Å². The van der Waals surface area contributed by atoms with Crippen LogP contribution in [0.4, 0.5) is 30.6 Å². The second-order valence-corrected chi connectivity index (χ2v) is 5.66. The molecular formula is C15H14ClF3N4. The van der Waals surface area contributed by atoms with Crippen LogP contribution in [0.15, 0.2) is 30.5 Å². The van der Waals surface area contributed by atoms with E-state index >= 15 is 0 Å². The number of hydrogen-bond acceptors (Lipinski definition) is 4. The number of rotatable bonds is 3. The standard InChI is InChI=1S/C15H14ClF3N4/c16-12-4-3-10(9-11(12)15(17,18)19)21-13-5-6-20-14(22-13)23-7-1-2-8-23/h3-6,9H,1-2,7-8H2,(H,20,21,22). The number of halogens is 4. The highest BCUT2D eigenvalue weighted by Gasteiger charge is 2.33. The van der Waals surface area contributed by atoms with Crippen molar-refractivity contribution in [3.8, 4) is 0 Å². The average molecular weight is 343 g/mol. The summed E-state index contributed by atoms with van der Waals surface area (Å²) >= 11 is 5.62. The number of nitrogens with zero attached hydrogens (tertiary/aromatic N) is 3. The van der Waals surface area contributed by atoms with Crippen LogP contribution in [0.3, 0.4) is 0 Å².